The Bertz CT molecular complexity index is 1000. The van der Waals surface area contributed by atoms with Crippen LogP contribution in [-0.2, 0) is 9.53 Å². The van der Waals surface area contributed by atoms with Crippen molar-refractivity contribution in [3.05, 3.63) is 53.9 Å². The van der Waals surface area contributed by atoms with Crippen molar-refractivity contribution in [2.75, 3.05) is 20.2 Å². The zero-order valence-electron chi connectivity index (χ0n) is 17.6. The maximum atomic E-state index is 12.7. The van der Waals surface area contributed by atoms with E-state index in [0.717, 1.165) is 12.1 Å². The largest absolute Gasteiger partial charge is 0.464 e. The Morgan fingerprint density at radius 1 is 1.06 bits per heavy atom. The molecular formula is C22H22F4N2O5. The molecule has 1 aliphatic rings. The molecular weight excluding hydrogens is 448 g/mol. The monoisotopic (exact) mass is 470 g/mol. The van der Waals surface area contributed by atoms with Crippen LogP contribution in [0.25, 0.3) is 6.08 Å². The van der Waals surface area contributed by atoms with Gasteiger partial charge in [-0.25, -0.2) is 4.79 Å². The maximum Gasteiger partial charge on any atom is 0.387 e. The number of aromatic nitrogens is 1. The molecule has 0 saturated carbocycles. The van der Waals surface area contributed by atoms with Gasteiger partial charge in [-0.3, -0.25) is 4.79 Å². The highest BCUT2D eigenvalue weighted by atomic mass is 19.3. The molecule has 1 amide bonds. The highest BCUT2D eigenvalue weighted by Crippen LogP contribution is 2.29. The van der Waals surface area contributed by atoms with Gasteiger partial charge in [-0.2, -0.15) is 17.6 Å². The molecule has 0 unspecified atom stereocenters. The molecule has 1 aromatic carbocycles. The van der Waals surface area contributed by atoms with E-state index in [1.807, 2.05) is 4.57 Å². The summed E-state index contributed by atoms with van der Waals surface area (Å²) in [6.45, 7) is -5.45. The number of alkyl halides is 4. The molecule has 7 nitrogen and oxygen atoms in total. The predicted octanol–water partition coefficient (Wildman–Crippen LogP) is 4.35. The van der Waals surface area contributed by atoms with Crippen LogP contribution in [0.1, 0.15) is 34.9 Å². The van der Waals surface area contributed by atoms with Crippen molar-refractivity contribution in [2.24, 2.45) is 0 Å². The zero-order chi connectivity index (χ0) is 24.0. The van der Waals surface area contributed by atoms with Crippen LogP contribution in [-0.4, -0.2) is 54.8 Å². The zero-order valence-corrected chi connectivity index (χ0v) is 17.6. The summed E-state index contributed by atoms with van der Waals surface area (Å²) in [5.74, 6) is -1.52. The van der Waals surface area contributed by atoms with E-state index in [-0.39, 0.29) is 23.3 Å². The van der Waals surface area contributed by atoms with Crippen molar-refractivity contribution < 1.29 is 41.4 Å². The molecule has 0 N–H and O–H groups in total. The van der Waals surface area contributed by atoms with Gasteiger partial charge in [-0.1, -0.05) is 0 Å². The number of hydrogen-bond acceptors (Lipinski definition) is 5. The van der Waals surface area contributed by atoms with E-state index in [1.54, 1.807) is 23.2 Å². The van der Waals surface area contributed by atoms with Crippen LogP contribution in [0.5, 0.6) is 11.5 Å². The number of amides is 1. The molecule has 1 aliphatic heterocycles. The molecule has 0 spiro atoms. The lowest BCUT2D eigenvalue weighted by Gasteiger charge is -2.32. The SMILES string of the molecule is COC(=O)c1cccn1C1CCN(C(=O)/C=C/c2ccc(OC(F)F)cc2OC(F)F)CC1. The number of ether oxygens (including phenoxy) is 3. The fraction of sp³-hybridized carbons (Fsp3) is 0.364. The summed E-state index contributed by atoms with van der Waals surface area (Å²) in [5, 5.41) is 0. The molecule has 2 heterocycles. The summed E-state index contributed by atoms with van der Waals surface area (Å²) >= 11 is 0. The Hall–Kier alpha value is -3.50. The molecule has 0 bridgehead atoms. The third kappa shape index (κ3) is 6.27. The fourth-order valence-electron chi connectivity index (χ4n) is 3.65. The van der Waals surface area contributed by atoms with E-state index < -0.39 is 24.9 Å². The number of carbonyl (C=O) groups excluding carboxylic acids is 2. The molecule has 0 radical (unpaired) electrons. The summed E-state index contributed by atoms with van der Waals surface area (Å²) < 4.78 is 65.3. The van der Waals surface area contributed by atoms with E-state index >= 15 is 0 Å². The Kier molecular flexibility index (Phi) is 7.96. The lowest BCUT2D eigenvalue weighted by molar-refractivity contribution is -0.127. The van der Waals surface area contributed by atoms with Crippen molar-refractivity contribution in [3.63, 3.8) is 0 Å². The number of esters is 1. The quantitative estimate of drug-likeness (QED) is 0.326. The molecule has 0 aliphatic carbocycles. The third-order valence-corrected chi connectivity index (χ3v) is 5.17. The summed E-state index contributed by atoms with van der Waals surface area (Å²) in [7, 11) is 1.31. The lowest BCUT2D eigenvalue weighted by atomic mass is 10.0. The molecule has 2 aromatic rings. The van der Waals surface area contributed by atoms with Gasteiger partial charge in [0.2, 0.25) is 5.91 Å². The van der Waals surface area contributed by atoms with Gasteiger partial charge in [0.15, 0.2) is 0 Å². The molecule has 3 rings (SSSR count). The van der Waals surface area contributed by atoms with Gasteiger partial charge >= 0.3 is 19.2 Å². The smallest absolute Gasteiger partial charge is 0.387 e. The fourth-order valence-corrected chi connectivity index (χ4v) is 3.65. The van der Waals surface area contributed by atoms with Crippen LogP contribution in [0.3, 0.4) is 0 Å². The van der Waals surface area contributed by atoms with Crippen LogP contribution in [0, 0.1) is 0 Å². The van der Waals surface area contributed by atoms with E-state index in [9.17, 15) is 27.2 Å². The summed E-state index contributed by atoms with van der Waals surface area (Å²) in [6, 6.07) is 6.76. The Balaban J connectivity index is 1.64. The molecule has 178 valence electrons. The van der Waals surface area contributed by atoms with Crippen LogP contribution in [0.15, 0.2) is 42.6 Å². The second-order valence-electron chi connectivity index (χ2n) is 7.14. The van der Waals surface area contributed by atoms with Crippen molar-refractivity contribution in [2.45, 2.75) is 32.1 Å². The number of benzene rings is 1. The van der Waals surface area contributed by atoms with Crippen molar-refractivity contribution >= 4 is 18.0 Å². The van der Waals surface area contributed by atoms with Gasteiger partial charge in [-0.15, -0.1) is 0 Å². The van der Waals surface area contributed by atoms with Crippen LogP contribution in [0.2, 0.25) is 0 Å². The summed E-state index contributed by atoms with van der Waals surface area (Å²) in [4.78, 5) is 26.1. The minimum absolute atomic E-state index is 0.0237. The lowest BCUT2D eigenvalue weighted by Crippen LogP contribution is -2.38. The van der Waals surface area contributed by atoms with Gasteiger partial charge in [0, 0.05) is 43.0 Å². The highest BCUT2D eigenvalue weighted by Gasteiger charge is 2.25. The highest BCUT2D eigenvalue weighted by molar-refractivity contribution is 5.92. The Morgan fingerprint density at radius 2 is 1.76 bits per heavy atom. The van der Waals surface area contributed by atoms with Crippen LogP contribution < -0.4 is 9.47 Å². The summed E-state index contributed by atoms with van der Waals surface area (Å²) in [5.41, 5.74) is 0.545. The van der Waals surface area contributed by atoms with Gasteiger partial charge in [-0.05, 0) is 43.2 Å². The number of methoxy groups -OCH3 is 1. The normalized spacial score (nSPS) is 14.8. The predicted molar refractivity (Wildman–Crippen MR) is 109 cm³/mol. The minimum Gasteiger partial charge on any atom is -0.464 e. The molecule has 1 aromatic heterocycles. The first kappa shape index (κ1) is 24.1. The van der Waals surface area contributed by atoms with Crippen molar-refractivity contribution in [3.8, 4) is 11.5 Å². The number of carbonyl (C=O) groups is 2. The number of rotatable bonds is 8. The number of nitrogens with zero attached hydrogens (tertiary/aromatic N) is 2. The average Bonchev–Trinajstić information content (AvgIpc) is 3.27. The van der Waals surface area contributed by atoms with Gasteiger partial charge < -0.3 is 23.7 Å². The first-order valence-corrected chi connectivity index (χ1v) is 10.0. The van der Waals surface area contributed by atoms with Crippen LogP contribution in [0.4, 0.5) is 17.6 Å². The number of halogens is 4. The molecule has 0 atom stereocenters. The second-order valence-corrected chi connectivity index (χ2v) is 7.14. The molecule has 1 fully saturated rings. The number of hydrogen-bond donors (Lipinski definition) is 0. The molecule has 11 heteroatoms. The summed E-state index contributed by atoms with van der Waals surface area (Å²) in [6.07, 6.45) is 5.49. The molecule has 1 saturated heterocycles. The maximum absolute atomic E-state index is 12.7. The van der Waals surface area contributed by atoms with Gasteiger partial charge in [0.1, 0.15) is 17.2 Å². The molecule has 33 heavy (non-hydrogen) atoms. The van der Waals surface area contributed by atoms with E-state index in [2.05, 4.69) is 9.47 Å². The van der Waals surface area contributed by atoms with E-state index in [1.165, 1.54) is 25.3 Å². The van der Waals surface area contributed by atoms with Crippen LogP contribution >= 0.6 is 0 Å². The number of likely N-dealkylation sites (tertiary alicyclic amines) is 1. The topological polar surface area (TPSA) is 70.0 Å². The van der Waals surface area contributed by atoms with Gasteiger partial charge in [0.05, 0.1) is 7.11 Å². The van der Waals surface area contributed by atoms with E-state index in [0.29, 0.717) is 31.6 Å². The second kappa shape index (κ2) is 10.9. The average molecular weight is 470 g/mol. The minimum atomic E-state index is -3.18. The third-order valence-electron chi connectivity index (χ3n) is 5.17. The first-order valence-electron chi connectivity index (χ1n) is 10.0. The van der Waals surface area contributed by atoms with E-state index in [4.69, 9.17) is 4.74 Å². The number of piperidine rings is 1. The van der Waals surface area contributed by atoms with Gasteiger partial charge in [0.25, 0.3) is 0 Å². The Labute approximate surface area is 187 Å². The first-order chi connectivity index (χ1) is 15.8. The Morgan fingerprint density at radius 3 is 2.39 bits per heavy atom. The van der Waals surface area contributed by atoms with Crippen molar-refractivity contribution in [1.29, 1.82) is 0 Å². The van der Waals surface area contributed by atoms with Crippen molar-refractivity contribution in [1.82, 2.24) is 9.47 Å². The standard InChI is InChI=1S/C22H22F4N2O5/c1-31-20(30)17-3-2-10-28(17)15-8-11-27(12-9-15)19(29)7-5-14-4-6-16(32-21(23)24)13-18(14)33-22(25)26/h2-7,10,13,15,21-22H,8-9,11-12H2,1H3/b7-5+.